The molecular weight excluding hydrogens is 196 g/mol. The number of hydrogen-bond acceptors (Lipinski definition) is 1. The topological polar surface area (TPSA) is 20.2 Å². The van der Waals surface area contributed by atoms with Crippen LogP contribution in [-0.4, -0.2) is 5.11 Å². The summed E-state index contributed by atoms with van der Waals surface area (Å²) in [5, 5.41) is 11.2. The van der Waals surface area contributed by atoms with Gasteiger partial charge in [-0.05, 0) is 28.9 Å². The number of phenols is 1. The van der Waals surface area contributed by atoms with Crippen LogP contribution in [0.2, 0.25) is 0 Å². The van der Waals surface area contributed by atoms with Crippen molar-refractivity contribution in [3.63, 3.8) is 0 Å². The summed E-state index contributed by atoms with van der Waals surface area (Å²) in [5.74, 6) is -2.00. The molecule has 0 heterocycles. The second kappa shape index (κ2) is 3.80. The lowest BCUT2D eigenvalue weighted by Crippen LogP contribution is -2.17. The van der Waals surface area contributed by atoms with E-state index in [4.69, 9.17) is 27.4 Å². The molecule has 16 heavy (non-hydrogen) atoms. The third-order valence-corrected chi connectivity index (χ3v) is 1.85. The summed E-state index contributed by atoms with van der Waals surface area (Å²) >= 11 is 0. The Hall–Kier alpha value is -0.980. The number of hydrogen-bond donors (Lipinski definition) is 1. The molecule has 0 bridgehead atoms. The lowest BCUT2D eigenvalue weighted by atomic mass is 9.78. The zero-order valence-corrected chi connectivity index (χ0v) is 8.45. The van der Waals surface area contributed by atoms with E-state index in [2.05, 4.69) is 0 Å². The minimum atomic E-state index is -4.12. The first-order chi connectivity index (χ1) is 15.4. The second-order valence-electron chi connectivity index (χ2n) is 3.47. The van der Waals surface area contributed by atoms with E-state index >= 15 is 0 Å². The van der Waals surface area contributed by atoms with Crippen LogP contribution in [0.1, 0.15) is 85.2 Å². The average molecular weight is 240 g/mol. The number of benzene rings is 1. The quantitative estimate of drug-likeness (QED) is 0.717. The molecule has 1 nitrogen and oxygen atoms in total. The number of aromatic hydroxyl groups is 1. The van der Waals surface area contributed by atoms with Crippen molar-refractivity contribution < 1.29 is 32.5 Å². The molecule has 1 aromatic rings. The molecule has 0 amide bonds. The van der Waals surface area contributed by atoms with E-state index in [1.54, 1.807) is 0 Å². The molecule has 0 aromatic heterocycles. The molecule has 0 radical (unpaired) electrons. The number of rotatable bonds is 0. The standard InChI is InChI=1S/C15H24O/c1-10-8-11(14(2,3)4)13(16)12(9-10)15(5,6)7/h8-9,16H,1-7H3/i2D3,3D3,4D3,5D3,6D3,7D3,8D,9D. The van der Waals surface area contributed by atoms with E-state index in [9.17, 15) is 5.11 Å². The Kier molecular flexibility index (Phi) is 0.571. The van der Waals surface area contributed by atoms with Crippen LogP contribution in [0.15, 0.2) is 12.1 Å². The maximum Gasteiger partial charge on any atom is 0.123 e. The fourth-order valence-electron chi connectivity index (χ4n) is 1.19. The normalized spacial score (nSPS) is 36.1. The highest BCUT2D eigenvalue weighted by Gasteiger charge is 2.25. The Morgan fingerprint density at radius 2 is 1.38 bits per heavy atom. The summed E-state index contributed by atoms with van der Waals surface area (Å²) in [5.41, 5.74) is -12.5. The minimum Gasteiger partial charge on any atom is -0.507 e. The van der Waals surface area contributed by atoms with Crippen molar-refractivity contribution in [1.29, 1.82) is 0 Å². The molecule has 1 heteroatoms. The van der Waals surface area contributed by atoms with Crippen molar-refractivity contribution in [2.75, 3.05) is 0 Å². The van der Waals surface area contributed by atoms with Gasteiger partial charge in [0.15, 0.2) is 0 Å². The summed E-state index contributed by atoms with van der Waals surface area (Å²) in [6.07, 6.45) is 0. The van der Waals surface area contributed by atoms with E-state index in [-0.39, 0.29) is 0 Å². The summed E-state index contributed by atoms with van der Waals surface area (Å²) in [6.45, 7) is -23.7. The molecule has 1 aromatic carbocycles. The highest BCUT2D eigenvalue weighted by Crippen LogP contribution is 2.39. The van der Waals surface area contributed by atoms with Crippen LogP contribution in [0.25, 0.3) is 0 Å². The molecule has 0 unspecified atom stereocenters. The van der Waals surface area contributed by atoms with Gasteiger partial charge in [-0.25, -0.2) is 0 Å². The largest absolute Gasteiger partial charge is 0.507 e. The van der Waals surface area contributed by atoms with Crippen molar-refractivity contribution in [2.24, 2.45) is 0 Å². The molecule has 0 fully saturated rings. The van der Waals surface area contributed by atoms with Crippen LogP contribution < -0.4 is 0 Å². The molecule has 0 aliphatic heterocycles. The van der Waals surface area contributed by atoms with E-state index in [0.29, 0.717) is 0 Å². The summed E-state index contributed by atoms with van der Waals surface area (Å²) in [7, 11) is 0. The Morgan fingerprint density at radius 3 is 1.69 bits per heavy atom. The molecule has 90 valence electrons. The molecular formula is C15H24O. The van der Waals surface area contributed by atoms with E-state index in [1.807, 2.05) is 0 Å². The first kappa shape index (κ1) is 2.41. The third kappa shape index (κ3) is 2.58. The van der Waals surface area contributed by atoms with Crippen molar-refractivity contribution >= 4 is 0 Å². The minimum absolute atomic E-state index is 0.809. The van der Waals surface area contributed by atoms with Crippen LogP contribution in [0.4, 0.5) is 0 Å². The Labute approximate surface area is 128 Å². The van der Waals surface area contributed by atoms with Gasteiger partial charge in [-0.15, -0.1) is 0 Å². The van der Waals surface area contributed by atoms with Crippen molar-refractivity contribution in [1.82, 2.24) is 0 Å². The molecule has 0 saturated heterocycles. The van der Waals surface area contributed by atoms with E-state index in [0.717, 1.165) is 6.92 Å². The van der Waals surface area contributed by atoms with Crippen LogP contribution >= 0.6 is 0 Å². The summed E-state index contributed by atoms with van der Waals surface area (Å²) in [4.78, 5) is 0. The molecule has 0 saturated carbocycles. The fourth-order valence-corrected chi connectivity index (χ4v) is 1.19. The van der Waals surface area contributed by atoms with Gasteiger partial charge in [0.25, 0.3) is 0 Å². The predicted molar refractivity (Wildman–Crippen MR) is 70.2 cm³/mol. The second-order valence-corrected chi connectivity index (χ2v) is 3.47. The first-order valence-corrected chi connectivity index (χ1v) is 4.22. The van der Waals surface area contributed by atoms with Gasteiger partial charge in [0, 0.05) is 24.7 Å². The van der Waals surface area contributed by atoms with Crippen molar-refractivity contribution in [2.45, 2.75) is 58.9 Å². The molecule has 0 spiro atoms. The zero-order chi connectivity index (χ0) is 29.5. The monoisotopic (exact) mass is 240 g/mol. The smallest absolute Gasteiger partial charge is 0.123 e. The van der Waals surface area contributed by atoms with Gasteiger partial charge < -0.3 is 5.11 Å². The van der Waals surface area contributed by atoms with Gasteiger partial charge in [0.1, 0.15) is 5.75 Å². The SMILES string of the molecule is [2H]c1c(C)c([2H])c(C(C([2H])([2H])[2H])(C([2H])([2H])[2H])C([2H])([2H])[2H])c(O)c1C(C([2H])([2H])[2H])(C([2H])([2H])[2H])C([2H])([2H])[2H]. The lowest BCUT2D eigenvalue weighted by Gasteiger charge is -2.27. The number of phenolic OH excluding ortho intramolecular Hbond substituents is 1. The summed E-state index contributed by atoms with van der Waals surface area (Å²) < 4.78 is 158. The third-order valence-electron chi connectivity index (χ3n) is 1.85. The Bertz CT molecular complexity index is 846. The van der Waals surface area contributed by atoms with Crippen LogP contribution in [0.5, 0.6) is 5.75 Å². The van der Waals surface area contributed by atoms with Crippen LogP contribution in [-0.2, 0) is 10.8 Å². The van der Waals surface area contributed by atoms with Gasteiger partial charge in [-0.3, -0.25) is 0 Å². The van der Waals surface area contributed by atoms with Gasteiger partial charge in [0.05, 0.1) is 2.74 Å². The summed E-state index contributed by atoms with van der Waals surface area (Å²) in [6, 6.07) is -2.64. The van der Waals surface area contributed by atoms with Crippen molar-refractivity contribution in [3.8, 4) is 5.75 Å². The molecule has 1 rings (SSSR count). The van der Waals surface area contributed by atoms with Crippen LogP contribution in [0.3, 0.4) is 0 Å². The Balaban J connectivity index is 4.89. The van der Waals surface area contributed by atoms with Gasteiger partial charge in [0.2, 0.25) is 0 Å². The zero-order valence-electron chi connectivity index (χ0n) is 28.4. The maximum absolute atomic E-state index is 11.2. The van der Waals surface area contributed by atoms with Gasteiger partial charge in [-0.1, -0.05) is 58.8 Å². The van der Waals surface area contributed by atoms with Crippen LogP contribution in [0, 0.1) is 6.92 Å². The average Bonchev–Trinajstić information content (AvgIpc) is 2.53. The van der Waals surface area contributed by atoms with E-state index < -0.39 is 86.5 Å². The highest BCUT2D eigenvalue weighted by molar-refractivity contribution is 5.49. The van der Waals surface area contributed by atoms with Gasteiger partial charge in [-0.2, -0.15) is 0 Å². The predicted octanol–water partition coefficient (Wildman–Crippen LogP) is 4.30. The van der Waals surface area contributed by atoms with E-state index in [1.165, 1.54) is 0 Å². The molecule has 1 N–H and O–H groups in total. The Morgan fingerprint density at radius 1 is 1.00 bits per heavy atom. The van der Waals surface area contributed by atoms with Gasteiger partial charge >= 0.3 is 0 Å². The molecule has 0 aliphatic carbocycles. The van der Waals surface area contributed by atoms with Crippen molar-refractivity contribution in [3.05, 3.63) is 28.8 Å². The molecule has 0 aliphatic rings. The first-order valence-electron chi connectivity index (χ1n) is 14.2. The highest BCUT2D eigenvalue weighted by atomic mass is 16.3. The lowest BCUT2D eigenvalue weighted by molar-refractivity contribution is 0.423. The fraction of sp³-hybridized carbons (Fsp3) is 0.600. The molecule has 0 atom stereocenters. The maximum atomic E-state index is 11.2.